The Balaban J connectivity index is 2.30. The molecule has 1 aliphatic rings. The summed E-state index contributed by atoms with van der Waals surface area (Å²) in [6, 6.07) is 18.6. The van der Waals surface area contributed by atoms with Crippen molar-refractivity contribution in [3.63, 3.8) is 0 Å². The number of nitrogens with two attached hydrogens (primary N) is 2. The van der Waals surface area contributed by atoms with Gasteiger partial charge in [-0.2, -0.15) is 10.5 Å². The van der Waals surface area contributed by atoms with Crippen LogP contribution in [0.2, 0.25) is 0 Å². The lowest BCUT2D eigenvalue weighted by Crippen LogP contribution is -2.68. The lowest BCUT2D eigenvalue weighted by molar-refractivity contribution is -0.158. The molecule has 1 aliphatic carbocycles. The highest BCUT2D eigenvalue weighted by molar-refractivity contribution is 5.82. The van der Waals surface area contributed by atoms with Gasteiger partial charge in [0.2, 0.25) is 5.91 Å². The Hall–Kier alpha value is -3.19. The summed E-state index contributed by atoms with van der Waals surface area (Å²) in [5.74, 6) is -0.284. The molecular formula is C25H29N5O. The Morgan fingerprint density at radius 3 is 1.68 bits per heavy atom. The van der Waals surface area contributed by atoms with Crippen LogP contribution < -0.4 is 11.5 Å². The zero-order chi connectivity index (χ0) is 22.6. The van der Waals surface area contributed by atoms with E-state index in [-0.39, 0.29) is 11.8 Å². The van der Waals surface area contributed by atoms with Crippen molar-refractivity contribution in [3.05, 3.63) is 70.8 Å². The molecule has 0 radical (unpaired) electrons. The van der Waals surface area contributed by atoms with Crippen molar-refractivity contribution in [2.24, 2.45) is 17.4 Å². The van der Waals surface area contributed by atoms with Gasteiger partial charge in [-0.3, -0.25) is 9.69 Å². The number of hydrogen-bond acceptors (Lipinski definition) is 5. The monoisotopic (exact) mass is 415 g/mol. The van der Waals surface area contributed by atoms with Gasteiger partial charge in [0.25, 0.3) is 0 Å². The first-order valence-electron chi connectivity index (χ1n) is 10.8. The first-order valence-corrected chi connectivity index (χ1v) is 10.8. The van der Waals surface area contributed by atoms with E-state index in [0.717, 1.165) is 19.3 Å². The van der Waals surface area contributed by atoms with E-state index in [0.29, 0.717) is 35.1 Å². The minimum Gasteiger partial charge on any atom is -0.305 e. The van der Waals surface area contributed by atoms with Crippen molar-refractivity contribution in [2.45, 2.75) is 57.3 Å². The first kappa shape index (κ1) is 22.5. The van der Waals surface area contributed by atoms with Crippen LogP contribution in [-0.4, -0.2) is 10.8 Å². The van der Waals surface area contributed by atoms with Crippen LogP contribution in [0, 0.1) is 28.6 Å². The number of carbonyl (C=O) groups excluding carboxylic acids is 1. The van der Waals surface area contributed by atoms with Crippen LogP contribution in [0.4, 0.5) is 0 Å². The molecule has 0 aromatic heterocycles. The third kappa shape index (κ3) is 3.70. The summed E-state index contributed by atoms with van der Waals surface area (Å²) < 4.78 is 0. The maximum absolute atomic E-state index is 13.9. The van der Waals surface area contributed by atoms with E-state index in [2.05, 4.69) is 12.1 Å². The average molecular weight is 416 g/mol. The Bertz CT molecular complexity index is 977. The van der Waals surface area contributed by atoms with Crippen molar-refractivity contribution in [2.75, 3.05) is 0 Å². The Kier molecular flexibility index (Phi) is 6.45. The van der Waals surface area contributed by atoms with Gasteiger partial charge in [0.05, 0.1) is 23.3 Å². The second-order valence-electron chi connectivity index (χ2n) is 8.17. The SMILES string of the molecule is CCC(N)(c1ccccc1C#N)N(C(=O)C1CCC1)C(N)(CC)c1ccccc1C#N. The summed E-state index contributed by atoms with van der Waals surface area (Å²) >= 11 is 0. The van der Waals surface area contributed by atoms with Gasteiger partial charge in [-0.05, 0) is 37.8 Å². The van der Waals surface area contributed by atoms with Gasteiger partial charge in [0.15, 0.2) is 0 Å². The number of rotatable bonds is 7. The molecule has 31 heavy (non-hydrogen) atoms. The predicted octanol–water partition coefficient (Wildman–Crippen LogP) is 3.80. The van der Waals surface area contributed by atoms with Gasteiger partial charge in [-0.15, -0.1) is 0 Å². The molecule has 4 N–H and O–H groups in total. The number of benzene rings is 2. The molecule has 1 fully saturated rings. The van der Waals surface area contributed by atoms with Gasteiger partial charge in [0, 0.05) is 17.0 Å². The predicted molar refractivity (Wildman–Crippen MR) is 119 cm³/mol. The molecule has 160 valence electrons. The van der Waals surface area contributed by atoms with E-state index in [1.54, 1.807) is 41.3 Å². The summed E-state index contributed by atoms with van der Waals surface area (Å²) in [5, 5.41) is 19.5. The van der Waals surface area contributed by atoms with E-state index in [9.17, 15) is 15.3 Å². The second-order valence-corrected chi connectivity index (χ2v) is 8.17. The van der Waals surface area contributed by atoms with Gasteiger partial charge in [-0.1, -0.05) is 56.7 Å². The Labute approximate surface area is 184 Å². The number of amides is 1. The fraction of sp³-hybridized carbons (Fsp3) is 0.400. The zero-order valence-corrected chi connectivity index (χ0v) is 18.1. The highest BCUT2D eigenvalue weighted by atomic mass is 16.2. The molecule has 0 aliphatic heterocycles. The fourth-order valence-electron chi connectivity index (χ4n) is 4.44. The van der Waals surface area contributed by atoms with Crippen molar-refractivity contribution in [1.82, 2.24) is 4.90 Å². The first-order chi connectivity index (χ1) is 14.9. The molecule has 0 heterocycles. The molecule has 0 saturated heterocycles. The minimum absolute atomic E-state index is 0.125. The van der Waals surface area contributed by atoms with E-state index < -0.39 is 11.3 Å². The van der Waals surface area contributed by atoms with Crippen LogP contribution in [0.3, 0.4) is 0 Å². The second kappa shape index (κ2) is 8.89. The van der Waals surface area contributed by atoms with E-state index >= 15 is 0 Å². The van der Waals surface area contributed by atoms with Crippen molar-refractivity contribution in [1.29, 1.82) is 10.5 Å². The highest BCUT2D eigenvalue weighted by Gasteiger charge is 2.51. The minimum atomic E-state index is -1.31. The van der Waals surface area contributed by atoms with Crippen LogP contribution in [-0.2, 0) is 16.1 Å². The molecule has 6 heteroatoms. The summed E-state index contributed by atoms with van der Waals surface area (Å²) in [5.41, 5.74) is 13.4. The summed E-state index contributed by atoms with van der Waals surface area (Å²) in [7, 11) is 0. The molecule has 2 aromatic rings. The summed E-state index contributed by atoms with van der Waals surface area (Å²) in [6.45, 7) is 3.78. The molecular weight excluding hydrogens is 386 g/mol. The molecule has 1 amide bonds. The molecule has 2 aromatic carbocycles. The normalized spacial score (nSPS) is 17.4. The summed E-state index contributed by atoms with van der Waals surface area (Å²) in [4.78, 5) is 15.5. The standard InChI is InChI=1S/C25H29N5O/c1-3-24(28,21-14-7-5-10-19(21)16-26)30(23(31)18-12-9-13-18)25(29,4-2)22-15-8-6-11-20(22)17-27/h5-8,10-11,14-15,18H,3-4,9,12-13,28-29H2,1-2H3. The van der Waals surface area contributed by atoms with Gasteiger partial charge >= 0.3 is 0 Å². The van der Waals surface area contributed by atoms with Crippen molar-refractivity contribution >= 4 is 5.91 Å². The zero-order valence-electron chi connectivity index (χ0n) is 18.1. The average Bonchev–Trinajstić information content (AvgIpc) is 2.77. The number of hydrogen-bond donors (Lipinski definition) is 2. The third-order valence-electron chi connectivity index (χ3n) is 6.58. The lowest BCUT2D eigenvalue weighted by Gasteiger charge is -2.53. The lowest BCUT2D eigenvalue weighted by atomic mass is 9.79. The molecule has 2 unspecified atom stereocenters. The van der Waals surface area contributed by atoms with Crippen LogP contribution in [0.5, 0.6) is 0 Å². The topological polar surface area (TPSA) is 120 Å². The molecule has 1 saturated carbocycles. The van der Waals surface area contributed by atoms with E-state index in [1.807, 2.05) is 26.0 Å². The largest absolute Gasteiger partial charge is 0.305 e. The van der Waals surface area contributed by atoms with Crippen LogP contribution in [0.15, 0.2) is 48.5 Å². The maximum Gasteiger partial charge on any atom is 0.229 e. The molecule has 2 atom stereocenters. The van der Waals surface area contributed by atoms with Crippen LogP contribution >= 0.6 is 0 Å². The van der Waals surface area contributed by atoms with Gasteiger partial charge in [0.1, 0.15) is 11.3 Å². The highest BCUT2D eigenvalue weighted by Crippen LogP contribution is 2.43. The Morgan fingerprint density at radius 2 is 1.35 bits per heavy atom. The molecule has 0 bridgehead atoms. The molecule has 3 rings (SSSR count). The number of carbonyl (C=O) groups is 1. The number of nitriles is 2. The number of nitrogens with zero attached hydrogens (tertiary/aromatic N) is 3. The molecule has 0 spiro atoms. The maximum atomic E-state index is 13.9. The quantitative estimate of drug-likeness (QED) is 0.666. The van der Waals surface area contributed by atoms with Crippen molar-refractivity contribution < 1.29 is 4.79 Å². The smallest absolute Gasteiger partial charge is 0.229 e. The summed E-state index contributed by atoms with van der Waals surface area (Å²) in [6.07, 6.45) is 3.28. The molecule has 6 nitrogen and oxygen atoms in total. The Morgan fingerprint density at radius 1 is 0.935 bits per heavy atom. The van der Waals surface area contributed by atoms with Crippen LogP contribution in [0.1, 0.15) is 68.2 Å². The van der Waals surface area contributed by atoms with E-state index in [1.165, 1.54) is 0 Å². The van der Waals surface area contributed by atoms with E-state index in [4.69, 9.17) is 11.5 Å². The third-order valence-corrected chi connectivity index (χ3v) is 6.58. The van der Waals surface area contributed by atoms with Crippen molar-refractivity contribution in [3.8, 4) is 12.1 Å². The van der Waals surface area contributed by atoms with Gasteiger partial charge < -0.3 is 11.5 Å². The van der Waals surface area contributed by atoms with Crippen LogP contribution in [0.25, 0.3) is 0 Å². The van der Waals surface area contributed by atoms with Gasteiger partial charge in [-0.25, -0.2) is 0 Å². The fourth-order valence-corrected chi connectivity index (χ4v) is 4.44.